The third kappa shape index (κ3) is 6.12. The predicted octanol–water partition coefficient (Wildman–Crippen LogP) is 2.74. The van der Waals surface area contributed by atoms with E-state index in [0.717, 1.165) is 6.42 Å². The fourth-order valence-electron chi connectivity index (χ4n) is 2.46. The number of benzene rings is 2. The Bertz CT molecular complexity index is 572. The number of carbonyl (C=O) groups is 1. The average Bonchev–Trinajstić information content (AvgIpc) is 2.61. The highest BCUT2D eigenvalue weighted by Crippen LogP contribution is 2.22. The van der Waals surface area contributed by atoms with Crippen molar-refractivity contribution < 1.29 is 14.6 Å². The molecule has 2 aromatic carbocycles. The van der Waals surface area contributed by atoms with Crippen molar-refractivity contribution in [3.05, 3.63) is 66.2 Å². The molecule has 1 amide bonds. The molecule has 0 bridgehead atoms. The molecule has 4 nitrogen and oxygen atoms in total. The number of amides is 1. The van der Waals surface area contributed by atoms with E-state index in [2.05, 4.69) is 17.4 Å². The molecule has 0 saturated heterocycles. The minimum atomic E-state index is -0.135. The molecule has 1 unspecified atom stereocenters. The van der Waals surface area contributed by atoms with E-state index in [9.17, 15) is 9.90 Å². The zero-order chi connectivity index (χ0) is 16.3. The lowest BCUT2D eigenvalue weighted by Gasteiger charge is -2.16. The van der Waals surface area contributed by atoms with Crippen molar-refractivity contribution in [2.45, 2.75) is 18.8 Å². The maximum atomic E-state index is 11.8. The van der Waals surface area contributed by atoms with Gasteiger partial charge in [-0.25, -0.2) is 0 Å². The quantitative estimate of drug-likeness (QED) is 0.748. The van der Waals surface area contributed by atoms with Crippen LogP contribution in [0.25, 0.3) is 0 Å². The zero-order valence-electron chi connectivity index (χ0n) is 13.2. The summed E-state index contributed by atoms with van der Waals surface area (Å²) in [4.78, 5) is 11.8. The number of aliphatic hydroxyl groups excluding tert-OH is 1. The van der Waals surface area contributed by atoms with Crippen molar-refractivity contribution in [2.24, 2.45) is 0 Å². The fourth-order valence-corrected chi connectivity index (χ4v) is 2.46. The molecule has 23 heavy (non-hydrogen) atoms. The van der Waals surface area contributed by atoms with Crippen LogP contribution in [-0.2, 0) is 4.79 Å². The molecule has 0 heterocycles. The summed E-state index contributed by atoms with van der Waals surface area (Å²) >= 11 is 0. The first kappa shape index (κ1) is 17.0. The third-order valence-corrected chi connectivity index (χ3v) is 3.68. The Morgan fingerprint density at radius 2 is 1.65 bits per heavy atom. The highest BCUT2D eigenvalue weighted by atomic mass is 16.5. The van der Waals surface area contributed by atoms with E-state index >= 15 is 0 Å². The van der Waals surface area contributed by atoms with Crippen molar-refractivity contribution >= 4 is 5.91 Å². The molecule has 0 aliphatic carbocycles. The summed E-state index contributed by atoms with van der Waals surface area (Å²) < 4.78 is 5.41. The number of rotatable bonds is 9. The van der Waals surface area contributed by atoms with Crippen molar-refractivity contribution in [1.29, 1.82) is 0 Å². The molecule has 0 fully saturated rings. The molecule has 0 aliphatic rings. The molecule has 0 saturated carbocycles. The Labute approximate surface area is 137 Å². The fraction of sp³-hybridized carbons (Fsp3) is 0.316. The summed E-state index contributed by atoms with van der Waals surface area (Å²) in [7, 11) is 0. The van der Waals surface area contributed by atoms with E-state index in [-0.39, 0.29) is 25.0 Å². The summed E-state index contributed by atoms with van der Waals surface area (Å²) in [5.41, 5.74) is 1.19. The van der Waals surface area contributed by atoms with Gasteiger partial charge in [0.05, 0.1) is 0 Å². The first-order valence-corrected chi connectivity index (χ1v) is 7.90. The van der Waals surface area contributed by atoms with Gasteiger partial charge in [0, 0.05) is 13.2 Å². The van der Waals surface area contributed by atoms with Crippen molar-refractivity contribution in [3.63, 3.8) is 0 Å². The molecule has 1 atom stereocenters. The molecule has 0 aliphatic heterocycles. The van der Waals surface area contributed by atoms with Crippen LogP contribution < -0.4 is 10.1 Å². The Morgan fingerprint density at radius 3 is 2.30 bits per heavy atom. The molecule has 122 valence electrons. The normalized spacial score (nSPS) is 11.7. The first-order chi connectivity index (χ1) is 11.3. The van der Waals surface area contributed by atoms with Gasteiger partial charge in [0.25, 0.3) is 5.91 Å². The molecule has 2 rings (SSSR count). The summed E-state index contributed by atoms with van der Waals surface area (Å²) in [5, 5.41) is 12.1. The van der Waals surface area contributed by atoms with Crippen molar-refractivity contribution in [1.82, 2.24) is 5.32 Å². The van der Waals surface area contributed by atoms with Crippen LogP contribution in [0.1, 0.15) is 24.3 Å². The Hall–Kier alpha value is -2.33. The molecule has 2 aromatic rings. The molecule has 4 heteroatoms. The van der Waals surface area contributed by atoms with Crippen LogP contribution in [0.2, 0.25) is 0 Å². The van der Waals surface area contributed by atoms with E-state index in [1.165, 1.54) is 5.56 Å². The lowest BCUT2D eigenvalue weighted by Crippen LogP contribution is -2.30. The average molecular weight is 313 g/mol. The SMILES string of the molecule is O=C(COc1ccccc1)NCCC(CCO)c1ccccc1. The smallest absolute Gasteiger partial charge is 0.257 e. The lowest BCUT2D eigenvalue weighted by molar-refractivity contribution is -0.123. The number of para-hydroxylation sites is 1. The molecular weight excluding hydrogens is 290 g/mol. The molecular formula is C19H23NO3. The predicted molar refractivity (Wildman–Crippen MR) is 90.4 cm³/mol. The second-order valence-corrected chi connectivity index (χ2v) is 5.36. The van der Waals surface area contributed by atoms with Gasteiger partial charge in [-0.15, -0.1) is 0 Å². The summed E-state index contributed by atoms with van der Waals surface area (Å²) in [6.07, 6.45) is 1.49. The lowest BCUT2D eigenvalue weighted by atomic mass is 9.93. The molecule has 0 radical (unpaired) electrons. The van der Waals surface area contributed by atoms with E-state index < -0.39 is 0 Å². The Balaban J connectivity index is 1.73. The number of nitrogens with one attached hydrogen (secondary N) is 1. The van der Waals surface area contributed by atoms with Crippen molar-refractivity contribution in [3.8, 4) is 5.75 Å². The van der Waals surface area contributed by atoms with Crippen molar-refractivity contribution in [2.75, 3.05) is 19.8 Å². The molecule has 2 N–H and O–H groups in total. The second kappa shape index (κ2) is 9.64. The maximum absolute atomic E-state index is 11.8. The van der Waals surface area contributed by atoms with E-state index in [1.54, 1.807) is 0 Å². The van der Waals surface area contributed by atoms with Crippen LogP contribution in [0.4, 0.5) is 0 Å². The largest absolute Gasteiger partial charge is 0.484 e. The zero-order valence-corrected chi connectivity index (χ0v) is 13.2. The van der Waals surface area contributed by atoms with Gasteiger partial charge in [0.2, 0.25) is 0 Å². The van der Waals surface area contributed by atoms with Gasteiger partial charge in [-0.05, 0) is 36.5 Å². The number of aliphatic hydroxyl groups is 1. The summed E-state index contributed by atoms with van der Waals surface area (Å²) in [6.45, 7) is 0.723. The van der Waals surface area contributed by atoms with Gasteiger partial charge >= 0.3 is 0 Å². The Kier molecular flexibility index (Phi) is 7.14. The third-order valence-electron chi connectivity index (χ3n) is 3.68. The van der Waals surface area contributed by atoms with Crippen LogP contribution in [0, 0.1) is 0 Å². The highest BCUT2D eigenvalue weighted by molar-refractivity contribution is 5.77. The maximum Gasteiger partial charge on any atom is 0.257 e. The van der Waals surface area contributed by atoms with Gasteiger partial charge in [0.1, 0.15) is 5.75 Å². The summed E-state index contributed by atoms with van der Waals surface area (Å²) in [5.74, 6) is 0.797. The van der Waals surface area contributed by atoms with Crippen LogP contribution >= 0.6 is 0 Å². The number of hydrogen-bond acceptors (Lipinski definition) is 3. The van der Waals surface area contributed by atoms with Gasteiger partial charge in [-0.1, -0.05) is 48.5 Å². The second-order valence-electron chi connectivity index (χ2n) is 5.36. The van der Waals surface area contributed by atoms with Gasteiger partial charge in [-0.2, -0.15) is 0 Å². The number of hydrogen-bond donors (Lipinski definition) is 2. The first-order valence-electron chi connectivity index (χ1n) is 7.90. The highest BCUT2D eigenvalue weighted by Gasteiger charge is 2.11. The van der Waals surface area contributed by atoms with Gasteiger partial charge in [0.15, 0.2) is 6.61 Å². The summed E-state index contributed by atoms with van der Waals surface area (Å²) in [6, 6.07) is 19.3. The van der Waals surface area contributed by atoms with E-state index in [0.29, 0.717) is 18.7 Å². The van der Waals surface area contributed by atoms with Crippen LogP contribution in [0.15, 0.2) is 60.7 Å². The van der Waals surface area contributed by atoms with Crippen LogP contribution in [0.5, 0.6) is 5.75 Å². The number of ether oxygens (including phenoxy) is 1. The van der Waals surface area contributed by atoms with Crippen LogP contribution in [-0.4, -0.2) is 30.8 Å². The molecule has 0 aromatic heterocycles. The minimum absolute atomic E-state index is 0.0139. The van der Waals surface area contributed by atoms with Crippen LogP contribution in [0.3, 0.4) is 0 Å². The van der Waals surface area contributed by atoms with Gasteiger partial charge < -0.3 is 15.2 Å². The Morgan fingerprint density at radius 1 is 1.00 bits per heavy atom. The number of carbonyl (C=O) groups excluding carboxylic acids is 1. The monoisotopic (exact) mass is 313 g/mol. The van der Waals surface area contributed by atoms with E-state index in [4.69, 9.17) is 4.74 Å². The molecule has 0 spiro atoms. The van der Waals surface area contributed by atoms with E-state index in [1.807, 2.05) is 48.5 Å². The standard InChI is InChI=1S/C19H23NO3/c21-14-12-17(16-7-3-1-4-8-16)11-13-20-19(22)15-23-18-9-5-2-6-10-18/h1-10,17,21H,11-15H2,(H,20,22). The minimum Gasteiger partial charge on any atom is -0.484 e. The van der Waals surface area contributed by atoms with Gasteiger partial charge in [-0.3, -0.25) is 4.79 Å². The topological polar surface area (TPSA) is 58.6 Å².